The molecule has 0 radical (unpaired) electrons. The highest BCUT2D eigenvalue weighted by molar-refractivity contribution is 7.15. The van der Waals surface area contributed by atoms with Crippen molar-refractivity contribution in [2.24, 2.45) is 0 Å². The molecule has 0 amide bonds. The third-order valence-electron chi connectivity index (χ3n) is 3.70. The number of aromatic nitrogens is 4. The van der Waals surface area contributed by atoms with Gasteiger partial charge in [0.2, 0.25) is 0 Å². The minimum Gasteiger partial charge on any atom is -0.308 e. The Balaban J connectivity index is 1.48. The monoisotopic (exact) mass is 326 g/mol. The third kappa shape index (κ3) is 4.23. The van der Waals surface area contributed by atoms with Crippen molar-refractivity contribution in [1.82, 2.24) is 30.2 Å². The van der Waals surface area contributed by atoms with Crippen molar-refractivity contribution in [1.29, 1.82) is 0 Å². The van der Waals surface area contributed by atoms with Gasteiger partial charge < -0.3 is 10.2 Å². The lowest BCUT2D eigenvalue weighted by Crippen LogP contribution is -2.40. The number of rotatable bonds is 5. The number of thiazole rings is 1. The number of hydrogen-bond donors (Lipinski definition) is 1. The molecule has 3 heterocycles. The molecule has 21 heavy (non-hydrogen) atoms. The zero-order chi connectivity index (χ0) is 14.7. The van der Waals surface area contributed by atoms with Crippen LogP contribution in [0, 0.1) is 0 Å². The topological polar surface area (TPSA) is 58.9 Å². The van der Waals surface area contributed by atoms with Gasteiger partial charge in [-0.25, -0.2) is 9.67 Å². The van der Waals surface area contributed by atoms with Crippen molar-refractivity contribution in [2.75, 3.05) is 20.1 Å². The average Bonchev–Trinajstić information content (AvgIpc) is 3.08. The number of nitrogens with zero attached hydrogens (tertiary/aromatic N) is 5. The van der Waals surface area contributed by atoms with E-state index < -0.39 is 0 Å². The summed E-state index contributed by atoms with van der Waals surface area (Å²) in [4.78, 5) is 6.59. The maximum Gasteiger partial charge on any atom is 0.116 e. The smallest absolute Gasteiger partial charge is 0.116 e. The fraction of sp³-hybridized carbons (Fsp3) is 0.615. The quantitative estimate of drug-likeness (QED) is 0.905. The van der Waals surface area contributed by atoms with Crippen LogP contribution in [0.5, 0.6) is 0 Å². The molecule has 0 unspecified atom stereocenters. The first-order valence-corrected chi connectivity index (χ1v) is 8.29. The number of halogens is 1. The van der Waals surface area contributed by atoms with Crippen LogP contribution in [0.4, 0.5) is 0 Å². The molecular weight excluding hydrogens is 308 g/mol. The van der Waals surface area contributed by atoms with Crippen LogP contribution in [-0.4, -0.2) is 51.1 Å². The largest absolute Gasteiger partial charge is 0.308 e. The summed E-state index contributed by atoms with van der Waals surface area (Å²) >= 11 is 7.35. The lowest BCUT2D eigenvalue weighted by Gasteiger charge is -2.29. The Morgan fingerprint density at radius 2 is 2.24 bits per heavy atom. The van der Waals surface area contributed by atoms with E-state index in [0.29, 0.717) is 16.9 Å². The fourth-order valence-electron chi connectivity index (χ4n) is 2.46. The molecule has 1 aliphatic rings. The standard InChI is InChI=1S/C13H19ClN6S/c1-19-4-2-10(3-5-19)15-6-11-8-20(18-17-11)9-13-16-7-12(14)21-13/h7-8,10,15H,2-6,9H2,1H3. The molecule has 2 aromatic rings. The van der Waals surface area contributed by atoms with Crippen molar-refractivity contribution < 1.29 is 0 Å². The van der Waals surface area contributed by atoms with Crippen LogP contribution in [0.15, 0.2) is 12.4 Å². The lowest BCUT2D eigenvalue weighted by molar-refractivity contribution is 0.233. The zero-order valence-corrected chi connectivity index (χ0v) is 13.6. The molecule has 1 fully saturated rings. The van der Waals surface area contributed by atoms with Crippen LogP contribution in [-0.2, 0) is 13.1 Å². The Morgan fingerprint density at radius 1 is 1.43 bits per heavy atom. The van der Waals surface area contributed by atoms with E-state index in [1.807, 2.05) is 6.20 Å². The van der Waals surface area contributed by atoms with Crippen LogP contribution in [0.25, 0.3) is 0 Å². The Hall–Kier alpha value is -1.02. The second kappa shape index (κ2) is 6.83. The van der Waals surface area contributed by atoms with Gasteiger partial charge in [0.15, 0.2) is 0 Å². The molecule has 8 heteroatoms. The fourth-order valence-corrected chi connectivity index (χ4v) is 3.41. The molecule has 0 bridgehead atoms. The number of likely N-dealkylation sites (tertiary alicyclic amines) is 1. The zero-order valence-electron chi connectivity index (χ0n) is 12.0. The Bertz CT molecular complexity index is 575. The average molecular weight is 327 g/mol. The van der Waals surface area contributed by atoms with Crippen LogP contribution < -0.4 is 5.32 Å². The Morgan fingerprint density at radius 3 is 2.95 bits per heavy atom. The van der Waals surface area contributed by atoms with Crippen LogP contribution in [0.2, 0.25) is 4.34 Å². The molecule has 2 aromatic heterocycles. The number of piperidine rings is 1. The highest BCUT2D eigenvalue weighted by Gasteiger charge is 2.16. The SMILES string of the molecule is CN1CCC(NCc2cn(Cc3ncc(Cl)s3)nn2)CC1. The van der Waals surface area contributed by atoms with Gasteiger partial charge in [0, 0.05) is 12.6 Å². The van der Waals surface area contributed by atoms with Gasteiger partial charge in [0.05, 0.1) is 24.6 Å². The summed E-state index contributed by atoms with van der Waals surface area (Å²) in [6.45, 7) is 3.72. The molecule has 114 valence electrons. The summed E-state index contributed by atoms with van der Waals surface area (Å²) in [6.07, 6.45) is 6.03. The summed E-state index contributed by atoms with van der Waals surface area (Å²) in [7, 11) is 2.17. The van der Waals surface area contributed by atoms with E-state index in [0.717, 1.165) is 30.3 Å². The minimum absolute atomic E-state index is 0.587. The maximum atomic E-state index is 5.88. The van der Waals surface area contributed by atoms with Crippen molar-refractivity contribution in [2.45, 2.75) is 32.0 Å². The first kappa shape index (κ1) is 14.9. The van der Waals surface area contributed by atoms with Gasteiger partial charge >= 0.3 is 0 Å². The predicted octanol–water partition coefficient (Wildman–Crippen LogP) is 1.62. The Kier molecular flexibility index (Phi) is 4.84. The Labute approximate surface area is 133 Å². The second-order valence-corrected chi connectivity index (χ2v) is 7.17. The van der Waals surface area contributed by atoms with Crippen LogP contribution in [0.3, 0.4) is 0 Å². The minimum atomic E-state index is 0.587. The maximum absolute atomic E-state index is 5.88. The van der Waals surface area contributed by atoms with Crippen molar-refractivity contribution in [3.05, 3.63) is 27.4 Å². The van der Waals surface area contributed by atoms with Gasteiger partial charge in [-0.3, -0.25) is 0 Å². The van der Waals surface area contributed by atoms with Crippen molar-refractivity contribution in [3.63, 3.8) is 0 Å². The molecule has 1 N–H and O–H groups in total. The van der Waals surface area contributed by atoms with Crippen LogP contribution in [0.1, 0.15) is 23.5 Å². The van der Waals surface area contributed by atoms with Gasteiger partial charge in [-0.15, -0.1) is 16.4 Å². The van der Waals surface area contributed by atoms with E-state index in [-0.39, 0.29) is 0 Å². The molecule has 1 saturated heterocycles. The van der Waals surface area contributed by atoms with E-state index in [1.54, 1.807) is 10.9 Å². The van der Waals surface area contributed by atoms with E-state index in [9.17, 15) is 0 Å². The van der Waals surface area contributed by atoms with Gasteiger partial charge in [-0.1, -0.05) is 16.8 Å². The number of nitrogens with one attached hydrogen (secondary N) is 1. The molecule has 0 aromatic carbocycles. The van der Waals surface area contributed by atoms with Gasteiger partial charge in [0.1, 0.15) is 9.34 Å². The highest BCUT2D eigenvalue weighted by atomic mass is 35.5. The summed E-state index contributed by atoms with van der Waals surface area (Å²) in [5, 5.41) is 12.8. The third-order valence-corrected chi connectivity index (χ3v) is 4.80. The summed E-state index contributed by atoms with van der Waals surface area (Å²) in [6, 6.07) is 0.587. The lowest BCUT2D eigenvalue weighted by atomic mass is 10.1. The first-order valence-electron chi connectivity index (χ1n) is 7.10. The number of hydrogen-bond acceptors (Lipinski definition) is 6. The van der Waals surface area contributed by atoms with E-state index in [1.165, 1.54) is 24.2 Å². The molecular formula is C13H19ClN6S. The first-order chi connectivity index (χ1) is 10.2. The van der Waals surface area contributed by atoms with Crippen molar-refractivity contribution in [3.8, 4) is 0 Å². The molecule has 6 nitrogen and oxygen atoms in total. The molecule has 0 aliphatic carbocycles. The van der Waals surface area contributed by atoms with Gasteiger partial charge in [-0.2, -0.15) is 0 Å². The van der Waals surface area contributed by atoms with Crippen molar-refractivity contribution >= 4 is 22.9 Å². The summed E-state index contributed by atoms with van der Waals surface area (Å²) in [5.74, 6) is 0. The van der Waals surface area contributed by atoms with Crippen LogP contribution >= 0.6 is 22.9 Å². The molecule has 0 atom stereocenters. The second-order valence-electron chi connectivity index (χ2n) is 5.42. The predicted molar refractivity (Wildman–Crippen MR) is 83.6 cm³/mol. The van der Waals surface area contributed by atoms with Gasteiger partial charge in [-0.05, 0) is 33.0 Å². The molecule has 0 saturated carbocycles. The van der Waals surface area contributed by atoms with Gasteiger partial charge in [0.25, 0.3) is 0 Å². The summed E-state index contributed by atoms with van der Waals surface area (Å²) in [5.41, 5.74) is 0.969. The summed E-state index contributed by atoms with van der Waals surface area (Å²) < 4.78 is 2.51. The normalized spacial score (nSPS) is 17.4. The highest BCUT2D eigenvalue weighted by Crippen LogP contribution is 2.18. The molecule has 1 aliphatic heterocycles. The van der Waals surface area contributed by atoms with E-state index in [4.69, 9.17) is 11.6 Å². The van der Waals surface area contributed by atoms with E-state index >= 15 is 0 Å². The molecule has 3 rings (SSSR count). The van der Waals surface area contributed by atoms with E-state index in [2.05, 4.69) is 32.6 Å². The molecule has 0 spiro atoms.